The number of carbonyl (C=O) groups excluding carboxylic acids is 2. The van der Waals surface area contributed by atoms with Crippen molar-refractivity contribution in [2.45, 2.75) is 0 Å². The minimum atomic E-state index is -0.716. The number of hydrogen-bond acceptors (Lipinski definition) is 4. The van der Waals surface area contributed by atoms with Gasteiger partial charge in [0.05, 0.1) is 12.8 Å². The second-order valence-corrected chi connectivity index (χ2v) is 3.16. The van der Waals surface area contributed by atoms with E-state index in [1.807, 2.05) is 0 Å². The van der Waals surface area contributed by atoms with Gasteiger partial charge in [0.2, 0.25) is 0 Å². The van der Waals surface area contributed by atoms with Gasteiger partial charge in [-0.2, -0.15) is 0 Å². The third-order valence-corrected chi connectivity index (χ3v) is 2.08. The van der Waals surface area contributed by atoms with Crippen LogP contribution < -0.4 is 10.1 Å². The number of anilines is 1. The van der Waals surface area contributed by atoms with Gasteiger partial charge in [-0.3, -0.25) is 4.79 Å². The molecule has 84 valence electrons. The first kappa shape index (κ1) is 10.4. The van der Waals surface area contributed by atoms with Crippen molar-refractivity contribution >= 4 is 17.6 Å². The van der Waals surface area contributed by atoms with Crippen LogP contribution in [0, 0.1) is 5.82 Å². The molecule has 0 fully saturated rings. The normalized spacial score (nSPS) is 13.5. The number of rotatable bonds is 1. The molecule has 1 aliphatic rings. The summed E-state index contributed by atoms with van der Waals surface area (Å²) >= 11 is 0. The van der Waals surface area contributed by atoms with E-state index in [4.69, 9.17) is 4.74 Å². The molecular formula is C10H8FNO4. The summed E-state index contributed by atoms with van der Waals surface area (Å²) in [5, 5.41) is 2.41. The minimum absolute atomic E-state index is 0.0440. The molecule has 1 amide bonds. The number of benzene rings is 1. The van der Waals surface area contributed by atoms with Crippen LogP contribution in [0.4, 0.5) is 10.1 Å². The second kappa shape index (κ2) is 3.80. The van der Waals surface area contributed by atoms with Crippen LogP contribution in [-0.2, 0) is 9.53 Å². The number of halogens is 1. The molecule has 2 rings (SSSR count). The summed E-state index contributed by atoms with van der Waals surface area (Å²) in [5.41, 5.74) is 0.0918. The van der Waals surface area contributed by atoms with Crippen LogP contribution in [0.1, 0.15) is 10.4 Å². The summed E-state index contributed by atoms with van der Waals surface area (Å²) in [6, 6.07) is 2.08. The first-order valence-electron chi connectivity index (χ1n) is 4.46. The Balaban J connectivity index is 2.54. The Kier molecular flexibility index (Phi) is 2.47. The van der Waals surface area contributed by atoms with Crippen molar-refractivity contribution in [2.75, 3.05) is 19.0 Å². The Hall–Kier alpha value is -2.11. The molecular weight excluding hydrogens is 217 g/mol. The number of carbonyl (C=O) groups is 2. The Bertz CT molecular complexity index is 472. The highest BCUT2D eigenvalue weighted by Gasteiger charge is 2.24. The number of fused-ring (bicyclic) bond motifs is 1. The average molecular weight is 225 g/mol. The van der Waals surface area contributed by atoms with E-state index < -0.39 is 17.7 Å². The summed E-state index contributed by atoms with van der Waals surface area (Å²) < 4.78 is 22.7. The summed E-state index contributed by atoms with van der Waals surface area (Å²) in [6.07, 6.45) is 0. The highest BCUT2D eigenvalue weighted by molar-refractivity contribution is 6.01. The fraction of sp³-hybridized carbons (Fsp3) is 0.200. The van der Waals surface area contributed by atoms with Crippen molar-refractivity contribution in [3.8, 4) is 5.75 Å². The van der Waals surface area contributed by atoms with Gasteiger partial charge in [0.1, 0.15) is 11.4 Å². The molecule has 1 aliphatic heterocycles. The van der Waals surface area contributed by atoms with Crippen LogP contribution in [0.3, 0.4) is 0 Å². The molecule has 16 heavy (non-hydrogen) atoms. The first-order chi connectivity index (χ1) is 7.61. The lowest BCUT2D eigenvalue weighted by Gasteiger charge is -2.19. The largest absolute Gasteiger partial charge is 0.481 e. The summed E-state index contributed by atoms with van der Waals surface area (Å²) in [6.45, 7) is -0.206. The van der Waals surface area contributed by atoms with E-state index in [9.17, 15) is 14.0 Å². The number of methoxy groups -OCH3 is 1. The summed E-state index contributed by atoms with van der Waals surface area (Å²) in [7, 11) is 1.18. The zero-order valence-corrected chi connectivity index (χ0v) is 8.37. The van der Waals surface area contributed by atoms with Gasteiger partial charge in [0.25, 0.3) is 5.91 Å². The molecule has 0 atom stereocenters. The molecule has 0 bridgehead atoms. The van der Waals surface area contributed by atoms with Crippen molar-refractivity contribution in [1.29, 1.82) is 0 Å². The number of esters is 1. The quantitative estimate of drug-likeness (QED) is 0.722. The molecule has 0 aromatic heterocycles. The van der Waals surface area contributed by atoms with Gasteiger partial charge in [0.15, 0.2) is 12.4 Å². The van der Waals surface area contributed by atoms with E-state index in [2.05, 4.69) is 10.1 Å². The molecule has 0 saturated carbocycles. The van der Waals surface area contributed by atoms with E-state index in [-0.39, 0.29) is 23.6 Å². The fourth-order valence-electron chi connectivity index (χ4n) is 1.43. The smallest absolute Gasteiger partial charge is 0.341 e. The number of hydrogen-bond donors (Lipinski definition) is 1. The number of nitrogens with one attached hydrogen (secondary N) is 1. The predicted octanol–water partition coefficient (Wildman–Crippen LogP) is 0.943. The van der Waals surface area contributed by atoms with Crippen molar-refractivity contribution in [1.82, 2.24) is 0 Å². The van der Waals surface area contributed by atoms with Crippen LogP contribution in [-0.4, -0.2) is 25.6 Å². The molecule has 0 unspecified atom stereocenters. The number of ether oxygens (including phenoxy) is 2. The maximum absolute atomic E-state index is 13.2. The maximum atomic E-state index is 13.2. The van der Waals surface area contributed by atoms with Gasteiger partial charge in [-0.25, -0.2) is 9.18 Å². The monoisotopic (exact) mass is 225 g/mol. The van der Waals surface area contributed by atoms with E-state index in [0.29, 0.717) is 0 Å². The van der Waals surface area contributed by atoms with E-state index >= 15 is 0 Å². The third-order valence-electron chi connectivity index (χ3n) is 2.08. The molecule has 5 nitrogen and oxygen atoms in total. The molecule has 0 spiro atoms. The fourth-order valence-corrected chi connectivity index (χ4v) is 1.43. The SMILES string of the molecule is COC(=O)c1cc(F)cc2c1OCC(=O)N2. The van der Waals surface area contributed by atoms with Gasteiger partial charge in [-0.1, -0.05) is 0 Å². The molecule has 1 aromatic rings. The summed E-state index contributed by atoms with van der Waals surface area (Å²) in [5.74, 6) is -1.63. The van der Waals surface area contributed by atoms with Gasteiger partial charge in [0, 0.05) is 6.07 Å². The Morgan fingerprint density at radius 1 is 1.56 bits per heavy atom. The lowest BCUT2D eigenvalue weighted by molar-refractivity contribution is -0.118. The van der Waals surface area contributed by atoms with Gasteiger partial charge >= 0.3 is 5.97 Å². The molecule has 1 heterocycles. The lowest BCUT2D eigenvalue weighted by Crippen LogP contribution is -2.27. The van der Waals surface area contributed by atoms with Crippen molar-refractivity contribution in [3.63, 3.8) is 0 Å². The molecule has 1 N–H and O–H groups in total. The van der Waals surface area contributed by atoms with Crippen molar-refractivity contribution < 1.29 is 23.5 Å². The van der Waals surface area contributed by atoms with E-state index in [0.717, 1.165) is 12.1 Å². The standard InChI is InChI=1S/C10H8FNO4/c1-15-10(14)6-2-5(11)3-7-9(6)16-4-8(13)12-7/h2-3H,4H2,1H3,(H,12,13). The van der Waals surface area contributed by atoms with Crippen LogP contribution in [0.5, 0.6) is 5.75 Å². The van der Waals surface area contributed by atoms with E-state index in [1.165, 1.54) is 7.11 Å². The third kappa shape index (κ3) is 1.69. The van der Waals surface area contributed by atoms with Crippen molar-refractivity contribution in [3.05, 3.63) is 23.5 Å². The second-order valence-electron chi connectivity index (χ2n) is 3.16. The maximum Gasteiger partial charge on any atom is 0.341 e. The van der Waals surface area contributed by atoms with E-state index in [1.54, 1.807) is 0 Å². The van der Waals surface area contributed by atoms with Gasteiger partial charge < -0.3 is 14.8 Å². The first-order valence-corrected chi connectivity index (χ1v) is 4.46. The van der Waals surface area contributed by atoms with Crippen LogP contribution in [0.2, 0.25) is 0 Å². The van der Waals surface area contributed by atoms with Gasteiger partial charge in [-0.05, 0) is 6.07 Å². The summed E-state index contributed by atoms with van der Waals surface area (Å²) in [4.78, 5) is 22.4. The predicted molar refractivity (Wildman–Crippen MR) is 51.9 cm³/mol. The Morgan fingerprint density at radius 2 is 2.31 bits per heavy atom. The zero-order chi connectivity index (χ0) is 11.7. The lowest BCUT2D eigenvalue weighted by atomic mass is 10.1. The van der Waals surface area contributed by atoms with Crippen LogP contribution in [0.25, 0.3) is 0 Å². The van der Waals surface area contributed by atoms with Gasteiger partial charge in [-0.15, -0.1) is 0 Å². The topological polar surface area (TPSA) is 64.6 Å². The van der Waals surface area contributed by atoms with Crippen LogP contribution >= 0.6 is 0 Å². The Labute approximate surface area is 90.2 Å². The minimum Gasteiger partial charge on any atom is -0.481 e. The molecule has 0 saturated heterocycles. The molecule has 0 aliphatic carbocycles. The Morgan fingerprint density at radius 3 is 3.00 bits per heavy atom. The van der Waals surface area contributed by atoms with Crippen molar-refractivity contribution in [2.24, 2.45) is 0 Å². The number of amides is 1. The molecule has 1 aromatic carbocycles. The average Bonchev–Trinajstić information content (AvgIpc) is 2.26. The molecule has 0 radical (unpaired) electrons. The highest BCUT2D eigenvalue weighted by Crippen LogP contribution is 2.33. The molecule has 6 heteroatoms. The highest BCUT2D eigenvalue weighted by atomic mass is 19.1. The van der Waals surface area contributed by atoms with Crippen LogP contribution in [0.15, 0.2) is 12.1 Å². The zero-order valence-electron chi connectivity index (χ0n) is 8.37.